The normalized spacial score (nSPS) is 15.6. The van der Waals surface area contributed by atoms with Crippen molar-refractivity contribution in [1.29, 1.82) is 0 Å². The van der Waals surface area contributed by atoms with E-state index in [4.69, 9.17) is 12.2 Å². The largest absolute Gasteiger partial charge is 0.395 e. The maximum atomic E-state index is 12.7. The van der Waals surface area contributed by atoms with Crippen molar-refractivity contribution in [2.75, 3.05) is 19.7 Å². The Morgan fingerprint density at radius 2 is 2.00 bits per heavy atom. The van der Waals surface area contributed by atoms with Gasteiger partial charge in [-0.25, -0.2) is 0 Å². The molecule has 1 saturated heterocycles. The van der Waals surface area contributed by atoms with E-state index in [1.165, 1.54) is 32.9 Å². The van der Waals surface area contributed by atoms with Crippen LogP contribution in [0.15, 0.2) is 52.7 Å². The number of thioether (sulfide) groups is 1. The van der Waals surface area contributed by atoms with Crippen LogP contribution in [0.4, 0.5) is 0 Å². The number of amides is 2. The summed E-state index contributed by atoms with van der Waals surface area (Å²) >= 11 is 8.04. The van der Waals surface area contributed by atoms with Gasteiger partial charge in [0.25, 0.3) is 5.91 Å². The van der Waals surface area contributed by atoms with Crippen molar-refractivity contribution in [3.05, 3.63) is 63.2 Å². The molecule has 1 fully saturated rings. The lowest BCUT2D eigenvalue weighted by Crippen LogP contribution is -2.42. The number of hydrogen-bond acceptors (Lipinski definition) is 6. The van der Waals surface area contributed by atoms with E-state index < -0.39 is 0 Å². The maximum Gasteiger partial charge on any atom is 0.266 e. The second-order valence-electron chi connectivity index (χ2n) is 5.81. The predicted molar refractivity (Wildman–Crippen MR) is 113 cm³/mol. The lowest BCUT2D eigenvalue weighted by atomic mass is 10.2. The van der Waals surface area contributed by atoms with E-state index in [1.807, 2.05) is 47.8 Å². The summed E-state index contributed by atoms with van der Waals surface area (Å²) in [5.41, 5.74) is 0.960. The van der Waals surface area contributed by atoms with Gasteiger partial charge in [0, 0.05) is 18.0 Å². The molecule has 2 aromatic rings. The van der Waals surface area contributed by atoms with Crippen LogP contribution in [0, 0.1) is 0 Å². The molecule has 1 aromatic heterocycles. The van der Waals surface area contributed by atoms with E-state index in [9.17, 15) is 14.7 Å². The van der Waals surface area contributed by atoms with Crippen LogP contribution in [0.1, 0.15) is 10.4 Å². The minimum Gasteiger partial charge on any atom is -0.395 e. The SMILES string of the molecule is O=C(CN1C(=O)/C(=C/c2cccs2)SC1=S)N(CCO)Cc1ccccc1. The first-order chi connectivity index (χ1) is 13.1. The molecule has 1 N–H and O–H groups in total. The number of aliphatic hydroxyl groups is 1. The van der Waals surface area contributed by atoms with Gasteiger partial charge in [-0.15, -0.1) is 11.3 Å². The predicted octanol–water partition coefficient (Wildman–Crippen LogP) is 2.97. The van der Waals surface area contributed by atoms with E-state index in [0.717, 1.165) is 10.4 Å². The molecule has 0 bridgehead atoms. The summed E-state index contributed by atoms with van der Waals surface area (Å²) < 4.78 is 0.375. The Morgan fingerprint density at radius 1 is 1.22 bits per heavy atom. The zero-order valence-corrected chi connectivity index (χ0v) is 16.9. The van der Waals surface area contributed by atoms with Crippen LogP contribution in [0.25, 0.3) is 6.08 Å². The summed E-state index contributed by atoms with van der Waals surface area (Å²) in [6.45, 7) is 0.308. The van der Waals surface area contributed by atoms with Crippen molar-refractivity contribution >= 4 is 57.5 Å². The minimum atomic E-state index is -0.254. The smallest absolute Gasteiger partial charge is 0.266 e. The molecule has 0 spiro atoms. The van der Waals surface area contributed by atoms with Crippen LogP contribution in [-0.2, 0) is 16.1 Å². The van der Waals surface area contributed by atoms with E-state index in [-0.39, 0.29) is 31.5 Å². The van der Waals surface area contributed by atoms with Crippen molar-refractivity contribution in [3.63, 3.8) is 0 Å². The van der Waals surface area contributed by atoms with Crippen molar-refractivity contribution in [3.8, 4) is 0 Å². The fraction of sp³-hybridized carbons (Fsp3) is 0.211. The number of hydrogen-bond donors (Lipinski definition) is 1. The molecular formula is C19H18N2O3S3. The average Bonchev–Trinajstić information content (AvgIpc) is 3.26. The second kappa shape index (κ2) is 9.27. The van der Waals surface area contributed by atoms with Crippen molar-refractivity contribution in [1.82, 2.24) is 9.80 Å². The van der Waals surface area contributed by atoms with Crippen molar-refractivity contribution in [2.45, 2.75) is 6.54 Å². The third-order valence-electron chi connectivity index (χ3n) is 3.92. The van der Waals surface area contributed by atoms with Crippen LogP contribution in [-0.4, -0.2) is 50.7 Å². The maximum absolute atomic E-state index is 12.7. The number of benzene rings is 1. The molecule has 0 saturated carbocycles. The minimum absolute atomic E-state index is 0.126. The Bertz CT molecular complexity index is 850. The first-order valence-electron chi connectivity index (χ1n) is 8.30. The highest BCUT2D eigenvalue weighted by molar-refractivity contribution is 8.26. The van der Waals surface area contributed by atoms with Gasteiger partial charge < -0.3 is 10.0 Å². The third-order valence-corrected chi connectivity index (χ3v) is 6.12. The van der Waals surface area contributed by atoms with E-state index in [1.54, 1.807) is 6.08 Å². The van der Waals surface area contributed by atoms with Gasteiger partial charge in [-0.05, 0) is 23.1 Å². The van der Waals surface area contributed by atoms with Gasteiger partial charge in [0.05, 0.1) is 11.5 Å². The summed E-state index contributed by atoms with van der Waals surface area (Å²) in [5.74, 6) is -0.503. The molecule has 2 amide bonds. The first-order valence-corrected chi connectivity index (χ1v) is 10.4. The van der Waals surface area contributed by atoms with Crippen LogP contribution in [0.2, 0.25) is 0 Å². The van der Waals surface area contributed by atoms with Gasteiger partial charge in [-0.2, -0.15) is 0 Å². The van der Waals surface area contributed by atoms with Gasteiger partial charge >= 0.3 is 0 Å². The Morgan fingerprint density at radius 3 is 2.67 bits per heavy atom. The molecule has 0 atom stereocenters. The molecule has 1 aromatic carbocycles. The highest BCUT2D eigenvalue weighted by Crippen LogP contribution is 2.33. The van der Waals surface area contributed by atoms with Crippen molar-refractivity contribution in [2.24, 2.45) is 0 Å². The van der Waals surface area contributed by atoms with E-state index in [0.29, 0.717) is 15.8 Å². The van der Waals surface area contributed by atoms with Crippen LogP contribution in [0.5, 0.6) is 0 Å². The second-order valence-corrected chi connectivity index (χ2v) is 8.46. The fourth-order valence-electron chi connectivity index (χ4n) is 2.59. The number of aliphatic hydroxyl groups excluding tert-OH is 1. The monoisotopic (exact) mass is 418 g/mol. The summed E-state index contributed by atoms with van der Waals surface area (Å²) in [4.78, 5) is 29.7. The molecular weight excluding hydrogens is 400 g/mol. The van der Waals surface area contributed by atoms with Gasteiger partial charge in [-0.1, -0.05) is 60.4 Å². The fourth-order valence-corrected chi connectivity index (χ4v) is 4.57. The van der Waals surface area contributed by atoms with Crippen LogP contribution < -0.4 is 0 Å². The van der Waals surface area contributed by atoms with Gasteiger partial charge in [-0.3, -0.25) is 14.5 Å². The zero-order valence-electron chi connectivity index (χ0n) is 14.4. The quantitative estimate of drug-likeness (QED) is 0.553. The standard InChI is InChI=1S/C19H18N2O3S3/c22-9-8-20(12-14-5-2-1-3-6-14)17(23)13-21-18(24)16(27-19(21)25)11-15-7-4-10-26-15/h1-7,10-11,22H,8-9,12-13H2/b16-11-. The summed E-state index contributed by atoms with van der Waals surface area (Å²) in [6, 6.07) is 13.4. The topological polar surface area (TPSA) is 60.9 Å². The summed E-state index contributed by atoms with van der Waals surface area (Å²) in [7, 11) is 0. The number of carbonyl (C=O) groups is 2. The Kier molecular flexibility index (Phi) is 6.78. The molecule has 0 aliphatic carbocycles. The van der Waals surface area contributed by atoms with Crippen LogP contribution >= 0.6 is 35.3 Å². The van der Waals surface area contributed by atoms with Crippen molar-refractivity contribution < 1.29 is 14.7 Å². The zero-order chi connectivity index (χ0) is 19.2. The molecule has 1 aliphatic heterocycles. The summed E-state index contributed by atoms with van der Waals surface area (Å²) in [5, 5.41) is 11.2. The number of carbonyl (C=O) groups excluding carboxylic acids is 2. The lowest BCUT2D eigenvalue weighted by molar-refractivity contribution is -0.136. The number of nitrogens with zero attached hydrogens (tertiary/aromatic N) is 2. The molecule has 5 nitrogen and oxygen atoms in total. The third kappa shape index (κ3) is 5.04. The van der Waals surface area contributed by atoms with Gasteiger partial charge in [0.1, 0.15) is 10.9 Å². The first kappa shape index (κ1) is 19.8. The summed E-state index contributed by atoms with van der Waals surface area (Å²) in [6.07, 6.45) is 1.80. The lowest BCUT2D eigenvalue weighted by Gasteiger charge is -2.24. The van der Waals surface area contributed by atoms with E-state index in [2.05, 4.69) is 0 Å². The molecule has 0 unspecified atom stereocenters. The molecule has 27 heavy (non-hydrogen) atoms. The van der Waals surface area contributed by atoms with E-state index >= 15 is 0 Å². The van der Waals surface area contributed by atoms with Gasteiger partial charge in [0.15, 0.2) is 0 Å². The van der Waals surface area contributed by atoms with Crippen LogP contribution in [0.3, 0.4) is 0 Å². The van der Waals surface area contributed by atoms with Gasteiger partial charge in [0.2, 0.25) is 5.91 Å². The average molecular weight is 419 g/mol. The molecule has 140 valence electrons. The molecule has 2 heterocycles. The Hall–Kier alpha value is -2.00. The highest BCUT2D eigenvalue weighted by atomic mass is 32.2. The molecule has 0 radical (unpaired) electrons. The molecule has 1 aliphatic rings. The molecule has 3 rings (SSSR count). The molecule has 8 heteroatoms. The Labute approximate surface area is 171 Å². The highest BCUT2D eigenvalue weighted by Gasteiger charge is 2.34. The number of thiophene rings is 1. The Balaban J connectivity index is 1.69. The number of thiocarbonyl (C=S) groups is 1. The number of rotatable bonds is 7.